The highest BCUT2D eigenvalue weighted by molar-refractivity contribution is 5.85. The quantitative estimate of drug-likeness (QED) is 0.764. The molecule has 3 rings (SSSR count). The fourth-order valence-corrected chi connectivity index (χ4v) is 3.52. The molecule has 0 aliphatic carbocycles. The van der Waals surface area contributed by atoms with Crippen LogP contribution in [0.2, 0.25) is 0 Å². The average Bonchev–Trinajstić information content (AvgIpc) is 2.65. The number of benzene rings is 1. The van der Waals surface area contributed by atoms with Crippen LogP contribution in [0.15, 0.2) is 30.3 Å². The van der Waals surface area contributed by atoms with Gasteiger partial charge in [0.05, 0.1) is 6.61 Å². The first-order chi connectivity index (χ1) is 11.8. The summed E-state index contributed by atoms with van der Waals surface area (Å²) in [5.41, 5.74) is 1.39. The fourth-order valence-electron chi connectivity index (χ4n) is 3.52. The van der Waals surface area contributed by atoms with Crippen molar-refractivity contribution in [3.8, 4) is 0 Å². The zero-order valence-corrected chi connectivity index (χ0v) is 16.8. The van der Waals surface area contributed by atoms with Crippen LogP contribution in [0, 0.1) is 5.92 Å². The third kappa shape index (κ3) is 7.41. The van der Waals surface area contributed by atoms with Crippen LogP contribution in [0.4, 0.5) is 0 Å². The molecule has 1 amide bonds. The lowest BCUT2D eigenvalue weighted by Crippen LogP contribution is -2.48. The van der Waals surface area contributed by atoms with E-state index in [4.69, 9.17) is 4.74 Å². The van der Waals surface area contributed by atoms with Crippen molar-refractivity contribution in [1.82, 2.24) is 15.5 Å². The molecule has 2 aliphatic rings. The zero-order valence-electron chi connectivity index (χ0n) is 15.2. The van der Waals surface area contributed by atoms with E-state index in [1.807, 2.05) is 0 Å². The van der Waals surface area contributed by atoms with Crippen molar-refractivity contribution in [2.75, 3.05) is 39.3 Å². The number of rotatable bonds is 6. The fraction of sp³-hybridized carbons (Fsp3) is 0.632. The third-order valence-electron chi connectivity index (χ3n) is 5.03. The molecule has 0 radical (unpaired) electrons. The lowest BCUT2D eigenvalue weighted by Gasteiger charge is -2.32. The molecule has 1 aromatic rings. The Labute approximate surface area is 169 Å². The van der Waals surface area contributed by atoms with E-state index in [-0.39, 0.29) is 36.8 Å². The first-order valence-corrected chi connectivity index (χ1v) is 9.17. The Bertz CT molecular complexity index is 505. The minimum absolute atomic E-state index is 0. The molecule has 1 atom stereocenters. The summed E-state index contributed by atoms with van der Waals surface area (Å²) in [6.07, 6.45) is 3.21. The molecule has 0 bridgehead atoms. The maximum Gasteiger partial charge on any atom is 0.250 e. The van der Waals surface area contributed by atoms with Crippen molar-refractivity contribution in [1.29, 1.82) is 0 Å². The van der Waals surface area contributed by atoms with Crippen LogP contribution in [-0.2, 0) is 16.1 Å². The Morgan fingerprint density at radius 2 is 1.92 bits per heavy atom. The number of nitrogens with zero attached hydrogens (tertiary/aromatic N) is 1. The lowest BCUT2D eigenvalue weighted by molar-refractivity contribution is -0.134. The monoisotopic (exact) mass is 403 g/mol. The molecular weight excluding hydrogens is 373 g/mol. The van der Waals surface area contributed by atoms with Crippen LogP contribution in [0.5, 0.6) is 0 Å². The second-order valence-electron chi connectivity index (χ2n) is 6.85. The molecular formula is C19H31Cl2N3O2. The van der Waals surface area contributed by atoms with Gasteiger partial charge in [-0.2, -0.15) is 0 Å². The third-order valence-corrected chi connectivity index (χ3v) is 5.03. The van der Waals surface area contributed by atoms with Gasteiger partial charge >= 0.3 is 0 Å². The predicted molar refractivity (Wildman–Crippen MR) is 109 cm³/mol. The number of hydrogen-bond donors (Lipinski definition) is 2. The number of carbonyl (C=O) groups excluding carboxylic acids is 1. The Balaban J connectivity index is 0.00000169. The van der Waals surface area contributed by atoms with Gasteiger partial charge in [0.1, 0.15) is 6.10 Å². The molecule has 148 valence electrons. The summed E-state index contributed by atoms with van der Waals surface area (Å²) in [7, 11) is 0. The topological polar surface area (TPSA) is 53.6 Å². The number of nitrogens with one attached hydrogen (secondary N) is 2. The Hall–Kier alpha value is -0.850. The molecule has 0 spiro atoms. The van der Waals surface area contributed by atoms with Gasteiger partial charge in [-0.15, -0.1) is 24.8 Å². The summed E-state index contributed by atoms with van der Waals surface area (Å²) in [5, 5.41) is 6.22. The van der Waals surface area contributed by atoms with Crippen molar-refractivity contribution in [3.63, 3.8) is 0 Å². The number of hydrogen-bond acceptors (Lipinski definition) is 4. The Kier molecular flexibility index (Phi) is 11.2. The van der Waals surface area contributed by atoms with Crippen LogP contribution in [-0.4, -0.2) is 56.2 Å². The zero-order chi connectivity index (χ0) is 16.6. The normalized spacial score (nSPS) is 21.3. The van der Waals surface area contributed by atoms with Gasteiger partial charge in [-0.05, 0) is 43.8 Å². The molecule has 5 nitrogen and oxygen atoms in total. The first-order valence-electron chi connectivity index (χ1n) is 9.17. The van der Waals surface area contributed by atoms with Crippen molar-refractivity contribution < 1.29 is 9.53 Å². The molecule has 2 heterocycles. The molecule has 0 saturated carbocycles. The van der Waals surface area contributed by atoms with Crippen molar-refractivity contribution in [2.24, 2.45) is 5.92 Å². The van der Waals surface area contributed by atoms with Crippen LogP contribution in [0.25, 0.3) is 0 Å². The van der Waals surface area contributed by atoms with Crippen LogP contribution < -0.4 is 10.6 Å². The number of halogens is 2. The first kappa shape index (κ1) is 23.2. The summed E-state index contributed by atoms with van der Waals surface area (Å²) in [6, 6.07) is 10.7. The van der Waals surface area contributed by atoms with E-state index in [1.54, 1.807) is 0 Å². The van der Waals surface area contributed by atoms with Crippen molar-refractivity contribution in [3.05, 3.63) is 35.9 Å². The Morgan fingerprint density at radius 1 is 1.19 bits per heavy atom. The largest absolute Gasteiger partial charge is 0.366 e. The second kappa shape index (κ2) is 12.5. The predicted octanol–water partition coefficient (Wildman–Crippen LogP) is 2.24. The van der Waals surface area contributed by atoms with E-state index in [2.05, 4.69) is 45.9 Å². The summed E-state index contributed by atoms with van der Waals surface area (Å²) < 4.78 is 5.47. The highest BCUT2D eigenvalue weighted by Crippen LogP contribution is 2.21. The number of ether oxygens (including phenoxy) is 1. The van der Waals surface area contributed by atoms with E-state index >= 15 is 0 Å². The van der Waals surface area contributed by atoms with E-state index < -0.39 is 0 Å². The number of morpholine rings is 1. The SMILES string of the molecule is Cl.Cl.O=C(NCCC1CCN(Cc2ccccc2)CC1)C1CNCCO1. The number of amides is 1. The van der Waals surface area contributed by atoms with Crippen LogP contribution in [0.1, 0.15) is 24.8 Å². The molecule has 1 aromatic carbocycles. The highest BCUT2D eigenvalue weighted by Gasteiger charge is 2.22. The number of carbonyl (C=O) groups is 1. The van der Waals surface area contributed by atoms with Gasteiger partial charge in [-0.25, -0.2) is 0 Å². The van der Waals surface area contributed by atoms with E-state index in [0.29, 0.717) is 13.2 Å². The molecule has 2 aliphatic heterocycles. The summed E-state index contributed by atoms with van der Waals surface area (Å²) in [4.78, 5) is 14.5. The van der Waals surface area contributed by atoms with Gasteiger partial charge in [0.2, 0.25) is 5.91 Å². The molecule has 2 saturated heterocycles. The number of likely N-dealkylation sites (tertiary alicyclic amines) is 1. The summed E-state index contributed by atoms with van der Waals surface area (Å²) in [5.74, 6) is 0.756. The van der Waals surface area contributed by atoms with Gasteiger partial charge in [0.25, 0.3) is 0 Å². The summed E-state index contributed by atoms with van der Waals surface area (Å²) >= 11 is 0. The van der Waals surface area contributed by atoms with Crippen LogP contribution >= 0.6 is 24.8 Å². The van der Waals surface area contributed by atoms with Gasteiger partial charge in [0, 0.05) is 26.2 Å². The Morgan fingerprint density at radius 3 is 2.58 bits per heavy atom. The molecule has 2 fully saturated rings. The molecule has 1 unspecified atom stereocenters. The molecule has 26 heavy (non-hydrogen) atoms. The van der Waals surface area contributed by atoms with Gasteiger partial charge in [-0.3, -0.25) is 9.69 Å². The molecule has 2 N–H and O–H groups in total. The van der Waals surface area contributed by atoms with Crippen molar-refractivity contribution >= 4 is 30.7 Å². The van der Waals surface area contributed by atoms with Gasteiger partial charge in [-0.1, -0.05) is 30.3 Å². The highest BCUT2D eigenvalue weighted by atomic mass is 35.5. The minimum atomic E-state index is -0.313. The average molecular weight is 404 g/mol. The number of piperidine rings is 1. The smallest absolute Gasteiger partial charge is 0.250 e. The van der Waals surface area contributed by atoms with Crippen molar-refractivity contribution in [2.45, 2.75) is 31.9 Å². The van der Waals surface area contributed by atoms with Crippen LogP contribution in [0.3, 0.4) is 0 Å². The maximum absolute atomic E-state index is 12.0. The van der Waals surface area contributed by atoms with Gasteiger partial charge in [0.15, 0.2) is 0 Å². The van der Waals surface area contributed by atoms with E-state index in [9.17, 15) is 4.79 Å². The molecule has 7 heteroatoms. The maximum atomic E-state index is 12.0. The summed E-state index contributed by atoms with van der Waals surface area (Å²) in [6.45, 7) is 6.22. The standard InChI is InChI=1S/C19H29N3O2.2ClH/c23-19(18-14-20-10-13-24-18)21-9-6-16-7-11-22(12-8-16)15-17-4-2-1-3-5-17;;/h1-5,16,18,20H,6-15H2,(H,21,23);2*1H. The van der Waals surface area contributed by atoms with E-state index in [0.717, 1.165) is 45.1 Å². The van der Waals surface area contributed by atoms with E-state index in [1.165, 1.54) is 18.4 Å². The second-order valence-corrected chi connectivity index (χ2v) is 6.85. The molecule has 0 aromatic heterocycles. The van der Waals surface area contributed by atoms with Gasteiger partial charge < -0.3 is 15.4 Å². The minimum Gasteiger partial charge on any atom is -0.366 e. The lowest BCUT2D eigenvalue weighted by atomic mass is 9.93.